The van der Waals surface area contributed by atoms with E-state index in [0.717, 1.165) is 0 Å². The van der Waals surface area contributed by atoms with Gasteiger partial charge in [0, 0.05) is 0 Å². The number of rotatable bonds is 3. The quantitative estimate of drug-likeness (QED) is 0.347. The van der Waals surface area contributed by atoms with Gasteiger partial charge in [0.2, 0.25) is 0 Å². The zero-order valence-electron chi connectivity index (χ0n) is 17.1. The van der Waals surface area contributed by atoms with Crippen LogP contribution in [0, 0.1) is 27.7 Å². The Morgan fingerprint density at radius 1 is 0.321 bits per heavy atom. The van der Waals surface area contributed by atoms with Gasteiger partial charge in [-0.3, -0.25) is 0 Å². The van der Waals surface area contributed by atoms with Gasteiger partial charge in [-0.25, -0.2) is 0 Å². The molecule has 4 aromatic rings. The fraction of sp³-hybridized carbons (Fsp3) is 0.143. The van der Waals surface area contributed by atoms with Gasteiger partial charge in [-0.15, -0.1) is 0 Å². The average Bonchev–Trinajstić information content (AvgIpc) is 2.69. The van der Waals surface area contributed by atoms with Gasteiger partial charge in [0.15, 0.2) is 0 Å². The molecule has 0 fully saturated rings. The molecule has 0 aliphatic heterocycles. The van der Waals surface area contributed by atoms with Crippen LogP contribution in [0.1, 0.15) is 22.3 Å². The van der Waals surface area contributed by atoms with Gasteiger partial charge in [0.25, 0.3) is 0 Å². The number of hydrogen-bond acceptors (Lipinski definition) is 0. The minimum atomic E-state index is 1.26. The normalized spacial score (nSPS) is 10.9. The summed E-state index contributed by atoms with van der Waals surface area (Å²) in [6, 6.07) is 31.3. The summed E-state index contributed by atoms with van der Waals surface area (Å²) in [6.45, 7) is 8.60. The van der Waals surface area contributed by atoms with E-state index in [-0.39, 0.29) is 0 Å². The fourth-order valence-electron chi connectivity index (χ4n) is 3.73. The van der Waals surface area contributed by atoms with Crippen molar-refractivity contribution in [2.75, 3.05) is 0 Å². The molecule has 0 aliphatic carbocycles. The average molecular weight is 363 g/mol. The standard InChI is InChI=1S/C28H26/c1-19-5-11-23(12-6-19)27-17-21(3)9-15-25(27)26-16-10-22(4)18-28(26)24-13-7-20(2)8-14-24/h5-18H,1-4H3. The molecule has 0 N–H and O–H groups in total. The van der Waals surface area contributed by atoms with Gasteiger partial charge in [0.1, 0.15) is 0 Å². The second kappa shape index (κ2) is 7.48. The first-order valence-electron chi connectivity index (χ1n) is 9.87. The largest absolute Gasteiger partial charge is 0.0587 e. The van der Waals surface area contributed by atoms with Crippen molar-refractivity contribution >= 4 is 0 Å². The summed E-state index contributed by atoms with van der Waals surface area (Å²) in [6.07, 6.45) is 0. The Kier molecular flexibility index (Phi) is 4.88. The van der Waals surface area contributed by atoms with Gasteiger partial charge in [-0.2, -0.15) is 0 Å². The predicted molar refractivity (Wildman–Crippen MR) is 122 cm³/mol. The molecular formula is C28H26. The fourth-order valence-corrected chi connectivity index (χ4v) is 3.73. The lowest BCUT2D eigenvalue weighted by atomic mass is 9.87. The molecular weight excluding hydrogens is 336 g/mol. The highest BCUT2D eigenvalue weighted by atomic mass is 14.2. The molecule has 0 aliphatic rings. The zero-order valence-corrected chi connectivity index (χ0v) is 17.1. The van der Waals surface area contributed by atoms with Gasteiger partial charge in [-0.1, -0.05) is 107 Å². The molecule has 138 valence electrons. The maximum Gasteiger partial charge on any atom is -0.00990 e. The summed E-state index contributed by atoms with van der Waals surface area (Å²) in [7, 11) is 0. The SMILES string of the molecule is Cc1ccc(-c2cc(C)ccc2-c2ccc(C)cc2-c2ccc(C)cc2)cc1. The smallest absolute Gasteiger partial charge is 0.00990 e. The van der Waals surface area contributed by atoms with E-state index in [4.69, 9.17) is 0 Å². The molecule has 4 aromatic carbocycles. The molecule has 0 heterocycles. The van der Waals surface area contributed by atoms with Crippen LogP contribution in [0.4, 0.5) is 0 Å². The lowest BCUT2D eigenvalue weighted by molar-refractivity contribution is 1.42. The molecule has 0 atom stereocenters. The lowest BCUT2D eigenvalue weighted by Gasteiger charge is -2.16. The molecule has 0 radical (unpaired) electrons. The van der Waals surface area contributed by atoms with E-state index in [1.807, 2.05) is 0 Å². The van der Waals surface area contributed by atoms with Crippen molar-refractivity contribution in [1.82, 2.24) is 0 Å². The van der Waals surface area contributed by atoms with Crippen molar-refractivity contribution in [2.24, 2.45) is 0 Å². The van der Waals surface area contributed by atoms with E-state index in [1.165, 1.54) is 55.6 Å². The third-order valence-corrected chi connectivity index (χ3v) is 5.37. The van der Waals surface area contributed by atoms with Crippen molar-refractivity contribution in [3.63, 3.8) is 0 Å². The highest BCUT2D eigenvalue weighted by Crippen LogP contribution is 2.39. The molecule has 0 heteroatoms. The van der Waals surface area contributed by atoms with Crippen molar-refractivity contribution in [3.8, 4) is 33.4 Å². The van der Waals surface area contributed by atoms with Crippen molar-refractivity contribution < 1.29 is 0 Å². The minimum Gasteiger partial charge on any atom is -0.0587 e. The molecule has 0 nitrogen and oxygen atoms in total. The van der Waals surface area contributed by atoms with Crippen LogP contribution in [0.3, 0.4) is 0 Å². The summed E-state index contributed by atoms with van der Waals surface area (Å²) in [5.41, 5.74) is 12.8. The Bertz CT molecular complexity index is 1020. The maximum atomic E-state index is 2.30. The van der Waals surface area contributed by atoms with E-state index < -0.39 is 0 Å². The topological polar surface area (TPSA) is 0 Å². The Labute approximate surface area is 168 Å². The van der Waals surface area contributed by atoms with E-state index >= 15 is 0 Å². The Hall–Kier alpha value is -3.12. The number of benzene rings is 4. The van der Waals surface area contributed by atoms with Crippen LogP contribution < -0.4 is 0 Å². The van der Waals surface area contributed by atoms with E-state index in [1.54, 1.807) is 0 Å². The summed E-state index contributed by atoms with van der Waals surface area (Å²) in [5, 5.41) is 0. The van der Waals surface area contributed by atoms with Gasteiger partial charge in [0.05, 0.1) is 0 Å². The van der Waals surface area contributed by atoms with Crippen molar-refractivity contribution in [3.05, 3.63) is 107 Å². The molecule has 28 heavy (non-hydrogen) atoms. The second-order valence-corrected chi connectivity index (χ2v) is 7.83. The minimum absolute atomic E-state index is 1.26. The molecule has 4 rings (SSSR count). The molecule has 0 bridgehead atoms. The summed E-state index contributed by atoms with van der Waals surface area (Å²) in [5.74, 6) is 0. The Morgan fingerprint density at radius 2 is 0.643 bits per heavy atom. The van der Waals surface area contributed by atoms with E-state index in [0.29, 0.717) is 0 Å². The second-order valence-electron chi connectivity index (χ2n) is 7.83. The highest BCUT2D eigenvalue weighted by molar-refractivity contribution is 5.92. The highest BCUT2D eigenvalue weighted by Gasteiger charge is 2.13. The Morgan fingerprint density at radius 3 is 1.00 bits per heavy atom. The van der Waals surface area contributed by atoms with Crippen LogP contribution in [0.2, 0.25) is 0 Å². The van der Waals surface area contributed by atoms with Crippen LogP contribution in [0.25, 0.3) is 33.4 Å². The van der Waals surface area contributed by atoms with E-state index in [9.17, 15) is 0 Å². The third-order valence-electron chi connectivity index (χ3n) is 5.37. The van der Waals surface area contributed by atoms with Crippen LogP contribution in [-0.2, 0) is 0 Å². The maximum absolute atomic E-state index is 2.30. The lowest BCUT2D eigenvalue weighted by Crippen LogP contribution is -1.91. The summed E-state index contributed by atoms with van der Waals surface area (Å²) >= 11 is 0. The molecule has 0 spiro atoms. The molecule has 0 saturated carbocycles. The Balaban J connectivity index is 1.95. The van der Waals surface area contributed by atoms with Gasteiger partial charge in [-0.05, 0) is 61.1 Å². The van der Waals surface area contributed by atoms with Crippen molar-refractivity contribution in [2.45, 2.75) is 27.7 Å². The van der Waals surface area contributed by atoms with Crippen LogP contribution >= 0.6 is 0 Å². The van der Waals surface area contributed by atoms with Crippen LogP contribution in [0.15, 0.2) is 84.9 Å². The first-order chi connectivity index (χ1) is 13.5. The first kappa shape index (κ1) is 18.3. The first-order valence-corrected chi connectivity index (χ1v) is 9.87. The van der Waals surface area contributed by atoms with Crippen LogP contribution in [0.5, 0.6) is 0 Å². The molecule has 0 saturated heterocycles. The van der Waals surface area contributed by atoms with E-state index in [2.05, 4.69) is 113 Å². The number of hydrogen-bond donors (Lipinski definition) is 0. The van der Waals surface area contributed by atoms with Crippen LogP contribution in [-0.4, -0.2) is 0 Å². The van der Waals surface area contributed by atoms with Gasteiger partial charge < -0.3 is 0 Å². The molecule has 0 unspecified atom stereocenters. The molecule has 0 aromatic heterocycles. The molecule has 0 amide bonds. The zero-order chi connectivity index (χ0) is 19.7. The summed E-state index contributed by atoms with van der Waals surface area (Å²) in [4.78, 5) is 0. The van der Waals surface area contributed by atoms with Crippen molar-refractivity contribution in [1.29, 1.82) is 0 Å². The van der Waals surface area contributed by atoms with Gasteiger partial charge >= 0.3 is 0 Å². The summed E-state index contributed by atoms with van der Waals surface area (Å²) < 4.78 is 0. The number of aryl methyl sites for hydroxylation is 4. The monoisotopic (exact) mass is 362 g/mol. The predicted octanol–water partition coefficient (Wildman–Crippen LogP) is 7.92. The third kappa shape index (κ3) is 3.64.